The Bertz CT molecular complexity index is 380. The molecule has 0 radical (unpaired) electrons. The van der Waals surface area contributed by atoms with Crippen LogP contribution in [-0.2, 0) is 11.3 Å². The van der Waals surface area contributed by atoms with Crippen LogP contribution < -0.4 is 5.32 Å². The van der Waals surface area contributed by atoms with Gasteiger partial charge in [-0.05, 0) is 43.9 Å². The molecule has 1 saturated heterocycles. The lowest BCUT2D eigenvalue weighted by Crippen LogP contribution is -2.37. The summed E-state index contributed by atoms with van der Waals surface area (Å²) in [6.45, 7) is 6.09. The summed E-state index contributed by atoms with van der Waals surface area (Å²) in [6.07, 6.45) is 2.63. The number of hydrogen-bond acceptors (Lipinski definition) is 2. The summed E-state index contributed by atoms with van der Waals surface area (Å²) in [5.74, 6) is 0. The molecule has 0 saturated carbocycles. The van der Waals surface area contributed by atoms with E-state index < -0.39 is 0 Å². The molecule has 0 amide bonds. The van der Waals surface area contributed by atoms with Gasteiger partial charge >= 0.3 is 0 Å². The first-order valence-corrected chi connectivity index (χ1v) is 7.04. The van der Waals surface area contributed by atoms with Gasteiger partial charge in [-0.3, -0.25) is 0 Å². The molecule has 0 aliphatic carbocycles. The second kappa shape index (κ2) is 5.98. The van der Waals surface area contributed by atoms with E-state index in [0.29, 0.717) is 12.1 Å². The lowest BCUT2D eigenvalue weighted by atomic mass is 10.0. The van der Waals surface area contributed by atoms with Gasteiger partial charge in [-0.1, -0.05) is 28.1 Å². The molecule has 2 nitrogen and oxygen atoms in total. The monoisotopic (exact) mass is 297 g/mol. The summed E-state index contributed by atoms with van der Waals surface area (Å²) >= 11 is 3.57. The fraction of sp³-hybridized carbons (Fsp3) is 0.571. The van der Waals surface area contributed by atoms with E-state index in [1.807, 2.05) is 0 Å². The molecule has 1 aliphatic rings. The van der Waals surface area contributed by atoms with Crippen LogP contribution in [0.5, 0.6) is 0 Å². The van der Waals surface area contributed by atoms with Gasteiger partial charge in [-0.2, -0.15) is 0 Å². The van der Waals surface area contributed by atoms with E-state index in [4.69, 9.17) is 4.74 Å². The average molecular weight is 298 g/mol. The predicted octanol–water partition coefficient (Wildman–Crippen LogP) is 3.41. The predicted molar refractivity (Wildman–Crippen MR) is 74.2 cm³/mol. The molecule has 1 heterocycles. The highest BCUT2D eigenvalue weighted by atomic mass is 79.9. The summed E-state index contributed by atoms with van der Waals surface area (Å²) in [4.78, 5) is 0. The van der Waals surface area contributed by atoms with Crippen molar-refractivity contribution in [3.63, 3.8) is 0 Å². The van der Waals surface area contributed by atoms with Crippen LogP contribution in [0.1, 0.15) is 30.9 Å². The quantitative estimate of drug-likeness (QED) is 0.923. The standard InChI is InChI=1S/C14H20BrNO/c1-10-3-4-12(8-14(10)15)9-16-13-5-6-17-11(2)7-13/h3-4,8,11,13,16H,5-7,9H2,1-2H3. The van der Waals surface area contributed by atoms with Gasteiger partial charge in [-0.25, -0.2) is 0 Å². The average Bonchev–Trinajstić information content (AvgIpc) is 2.31. The molecule has 2 atom stereocenters. The zero-order valence-electron chi connectivity index (χ0n) is 10.5. The Kier molecular flexibility index (Phi) is 4.60. The molecule has 2 unspecified atom stereocenters. The normalized spacial score (nSPS) is 24.9. The van der Waals surface area contributed by atoms with Gasteiger partial charge in [0.25, 0.3) is 0 Å². The van der Waals surface area contributed by atoms with Gasteiger partial charge < -0.3 is 10.1 Å². The van der Waals surface area contributed by atoms with Crippen LogP contribution in [0.4, 0.5) is 0 Å². The molecule has 1 aliphatic heterocycles. The highest BCUT2D eigenvalue weighted by Crippen LogP contribution is 2.18. The smallest absolute Gasteiger partial charge is 0.0561 e. The summed E-state index contributed by atoms with van der Waals surface area (Å²) in [5.41, 5.74) is 2.62. The molecule has 1 N–H and O–H groups in total. The SMILES string of the molecule is Cc1ccc(CNC2CCOC(C)C2)cc1Br. The van der Waals surface area contributed by atoms with Crippen molar-refractivity contribution >= 4 is 15.9 Å². The Morgan fingerprint density at radius 2 is 2.29 bits per heavy atom. The van der Waals surface area contributed by atoms with Crippen LogP contribution in [0.15, 0.2) is 22.7 Å². The molecule has 1 aromatic carbocycles. The minimum absolute atomic E-state index is 0.394. The molecule has 94 valence electrons. The minimum atomic E-state index is 0.394. The van der Waals surface area contributed by atoms with E-state index in [0.717, 1.165) is 26.0 Å². The van der Waals surface area contributed by atoms with Crippen molar-refractivity contribution in [3.8, 4) is 0 Å². The van der Waals surface area contributed by atoms with Crippen LogP contribution in [0, 0.1) is 6.92 Å². The maximum atomic E-state index is 5.55. The molecule has 17 heavy (non-hydrogen) atoms. The second-order valence-corrected chi connectivity index (χ2v) is 5.72. The number of ether oxygens (including phenoxy) is 1. The van der Waals surface area contributed by atoms with Crippen molar-refractivity contribution in [1.29, 1.82) is 0 Å². The van der Waals surface area contributed by atoms with Crippen LogP contribution >= 0.6 is 15.9 Å². The molecule has 1 fully saturated rings. The molecule has 0 aromatic heterocycles. The van der Waals surface area contributed by atoms with Crippen molar-refractivity contribution in [2.75, 3.05) is 6.61 Å². The van der Waals surface area contributed by atoms with E-state index in [1.165, 1.54) is 15.6 Å². The van der Waals surface area contributed by atoms with Gasteiger partial charge in [0.15, 0.2) is 0 Å². The van der Waals surface area contributed by atoms with E-state index in [9.17, 15) is 0 Å². The van der Waals surface area contributed by atoms with Crippen molar-refractivity contribution in [1.82, 2.24) is 5.32 Å². The highest BCUT2D eigenvalue weighted by Gasteiger charge is 2.18. The zero-order chi connectivity index (χ0) is 12.3. The Morgan fingerprint density at radius 3 is 3.00 bits per heavy atom. The fourth-order valence-electron chi connectivity index (χ4n) is 2.19. The molecular weight excluding hydrogens is 278 g/mol. The number of hydrogen-bond donors (Lipinski definition) is 1. The first-order chi connectivity index (χ1) is 8.15. The third-order valence-electron chi connectivity index (χ3n) is 3.32. The van der Waals surface area contributed by atoms with E-state index >= 15 is 0 Å². The van der Waals surface area contributed by atoms with E-state index in [2.05, 4.69) is 53.3 Å². The van der Waals surface area contributed by atoms with Gasteiger partial charge in [0.05, 0.1) is 6.10 Å². The van der Waals surface area contributed by atoms with Crippen molar-refractivity contribution in [3.05, 3.63) is 33.8 Å². The molecule has 0 spiro atoms. The summed E-state index contributed by atoms with van der Waals surface area (Å²) in [7, 11) is 0. The zero-order valence-corrected chi connectivity index (χ0v) is 12.1. The minimum Gasteiger partial charge on any atom is -0.378 e. The summed E-state index contributed by atoms with van der Waals surface area (Å²) < 4.78 is 6.74. The lowest BCUT2D eigenvalue weighted by Gasteiger charge is -2.28. The highest BCUT2D eigenvalue weighted by molar-refractivity contribution is 9.10. The topological polar surface area (TPSA) is 21.3 Å². The fourth-order valence-corrected chi connectivity index (χ4v) is 2.62. The lowest BCUT2D eigenvalue weighted by molar-refractivity contribution is 0.0130. The number of halogens is 1. The Balaban J connectivity index is 1.86. The second-order valence-electron chi connectivity index (χ2n) is 4.87. The van der Waals surface area contributed by atoms with E-state index in [-0.39, 0.29) is 0 Å². The van der Waals surface area contributed by atoms with E-state index in [1.54, 1.807) is 0 Å². The number of nitrogens with one attached hydrogen (secondary N) is 1. The summed E-state index contributed by atoms with van der Waals surface area (Å²) in [5, 5.41) is 3.61. The molecule has 2 rings (SSSR count). The van der Waals surface area contributed by atoms with Crippen molar-refractivity contribution in [2.24, 2.45) is 0 Å². The van der Waals surface area contributed by atoms with Crippen LogP contribution in [0.3, 0.4) is 0 Å². The summed E-state index contributed by atoms with van der Waals surface area (Å²) in [6, 6.07) is 7.15. The maximum Gasteiger partial charge on any atom is 0.0561 e. The van der Waals surface area contributed by atoms with Gasteiger partial charge in [-0.15, -0.1) is 0 Å². The van der Waals surface area contributed by atoms with Crippen molar-refractivity contribution in [2.45, 2.75) is 45.4 Å². The largest absolute Gasteiger partial charge is 0.378 e. The molecule has 3 heteroatoms. The molecular formula is C14H20BrNO. The van der Waals surface area contributed by atoms with Gasteiger partial charge in [0, 0.05) is 23.7 Å². The van der Waals surface area contributed by atoms with Crippen LogP contribution in [0.2, 0.25) is 0 Å². The first-order valence-electron chi connectivity index (χ1n) is 6.25. The number of benzene rings is 1. The number of rotatable bonds is 3. The van der Waals surface area contributed by atoms with Crippen LogP contribution in [-0.4, -0.2) is 18.8 Å². The van der Waals surface area contributed by atoms with Crippen LogP contribution in [0.25, 0.3) is 0 Å². The third-order valence-corrected chi connectivity index (χ3v) is 4.17. The first kappa shape index (κ1) is 13.1. The third kappa shape index (κ3) is 3.80. The molecule has 0 bridgehead atoms. The Morgan fingerprint density at radius 1 is 1.47 bits per heavy atom. The Labute approximate surface area is 112 Å². The maximum absolute atomic E-state index is 5.55. The Hall–Kier alpha value is -0.380. The number of aryl methyl sites for hydroxylation is 1. The van der Waals surface area contributed by atoms with Gasteiger partial charge in [0.2, 0.25) is 0 Å². The molecule has 1 aromatic rings. The van der Waals surface area contributed by atoms with Gasteiger partial charge in [0.1, 0.15) is 0 Å². The van der Waals surface area contributed by atoms with Crippen molar-refractivity contribution < 1.29 is 4.74 Å².